The zero-order chi connectivity index (χ0) is 10.1. The molecule has 0 radical (unpaired) electrons. The molecule has 1 aromatic heterocycles. The Balaban J connectivity index is 2.17. The molecule has 1 atom stereocenters. The molecule has 2 nitrogen and oxygen atoms in total. The predicted molar refractivity (Wildman–Crippen MR) is 61.4 cm³/mol. The molecular formula is C11H16N2S. The number of hydrogen-bond donors (Lipinski definition) is 1. The Morgan fingerprint density at radius 1 is 1.50 bits per heavy atom. The summed E-state index contributed by atoms with van der Waals surface area (Å²) in [4.78, 5) is 5.82. The van der Waals surface area contributed by atoms with Crippen LogP contribution >= 0.6 is 11.3 Å². The summed E-state index contributed by atoms with van der Waals surface area (Å²) in [5.41, 5.74) is 8.48. The van der Waals surface area contributed by atoms with E-state index in [0.29, 0.717) is 6.04 Å². The van der Waals surface area contributed by atoms with Gasteiger partial charge in [-0.2, -0.15) is 0 Å². The van der Waals surface area contributed by atoms with Crippen LogP contribution in [0.5, 0.6) is 0 Å². The van der Waals surface area contributed by atoms with E-state index < -0.39 is 0 Å². The van der Waals surface area contributed by atoms with E-state index in [2.05, 4.69) is 24.9 Å². The molecule has 0 amide bonds. The molecule has 1 heterocycles. The van der Waals surface area contributed by atoms with Crippen molar-refractivity contribution >= 4 is 17.4 Å². The molecule has 76 valence electrons. The van der Waals surface area contributed by atoms with E-state index >= 15 is 0 Å². The zero-order valence-corrected chi connectivity index (χ0v) is 9.53. The number of thiazole rings is 1. The lowest BCUT2D eigenvalue weighted by Crippen LogP contribution is -2.13. The maximum absolute atomic E-state index is 5.86. The minimum Gasteiger partial charge on any atom is -0.327 e. The lowest BCUT2D eigenvalue weighted by molar-refractivity contribution is 0.711. The molecule has 1 fully saturated rings. The second kappa shape index (κ2) is 3.83. The summed E-state index contributed by atoms with van der Waals surface area (Å²) in [6.07, 6.45) is 5.56. The maximum Gasteiger partial charge on any atom is 0.116 e. The molecule has 1 aliphatic rings. The van der Waals surface area contributed by atoms with Crippen LogP contribution in [0.15, 0.2) is 5.57 Å². The Bertz CT molecular complexity index is 346. The highest BCUT2D eigenvalue weighted by Crippen LogP contribution is 2.27. The third kappa shape index (κ3) is 2.04. The first-order chi connectivity index (χ1) is 6.65. The Labute approximate surface area is 88.9 Å². The Morgan fingerprint density at radius 3 is 2.79 bits per heavy atom. The molecule has 0 saturated heterocycles. The molecule has 0 spiro atoms. The van der Waals surface area contributed by atoms with Crippen LogP contribution < -0.4 is 5.73 Å². The average Bonchev–Trinajstić information content (AvgIpc) is 2.62. The van der Waals surface area contributed by atoms with Gasteiger partial charge in [0.1, 0.15) is 5.01 Å². The van der Waals surface area contributed by atoms with Gasteiger partial charge in [-0.25, -0.2) is 4.98 Å². The molecule has 0 aliphatic heterocycles. The lowest BCUT2D eigenvalue weighted by atomic mass is 10.2. The van der Waals surface area contributed by atoms with Crippen molar-refractivity contribution in [3.05, 3.63) is 21.2 Å². The van der Waals surface area contributed by atoms with E-state index in [1.54, 1.807) is 11.3 Å². The molecule has 1 aliphatic carbocycles. The zero-order valence-electron chi connectivity index (χ0n) is 8.71. The molecule has 0 aromatic carbocycles. The number of hydrogen-bond acceptors (Lipinski definition) is 3. The van der Waals surface area contributed by atoms with Gasteiger partial charge in [-0.3, -0.25) is 0 Å². The summed E-state index contributed by atoms with van der Waals surface area (Å²) in [5.74, 6) is 0. The van der Waals surface area contributed by atoms with Crippen molar-refractivity contribution < 1.29 is 0 Å². The number of aromatic nitrogens is 1. The van der Waals surface area contributed by atoms with Gasteiger partial charge in [0.25, 0.3) is 0 Å². The third-order valence-electron chi connectivity index (χ3n) is 2.73. The SMILES string of the molecule is Cc1nc(C=C2CCC(N)C2)sc1C. The van der Waals surface area contributed by atoms with Gasteiger partial charge < -0.3 is 5.73 Å². The normalized spacial score (nSPS) is 24.8. The van der Waals surface area contributed by atoms with Gasteiger partial charge in [0.05, 0.1) is 5.69 Å². The van der Waals surface area contributed by atoms with Crippen LogP contribution in [-0.4, -0.2) is 11.0 Å². The van der Waals surface area contributed by atoms with Crippen LogP contribution in [0.4, 0.5) is 0 Å². The molecule has 0 bridgehead atoms. The van der Waals surface area contributed by atoms with Crippen molar-refractivity contribution in [2.24, 2.45) is 5.73 Å². The van der Waals surface area contributed by atoms with Gasteiger partial charge in [-0.15, -0.1) is 11.3 Å². The Kier molecular flexibility index (Phi) is 2.70. The number of nitrogens with two attached hydrogens (primary N) is 1. The minimum atomic E-state index is 0.378. The van der Waals surface area contributed by atoms with E-state index in [0.717, 1.165) is 30.0 Å². The second-order valence-electron chi connectivity index (χ2n) is 4.00. The molecule has 1 unspecified atom stereocenters. The van der Waals surface area contributed by atoms with Gasteiger partial charge in [-0.05, 0) is 39.2 Å². The number of rotatable bonds is 1. The van der Waals surface area contributed by atoms with Crippen LogP contribution in [0, 0.1) is 13.8 Å². The van der Waals surface area contributed by atoms with Gasteiger partial charge in [0.15, 0.2) is 0 Å². The van der Waals surface area contributed by atoms with Crippen molar-refractivity contribution in [3.63, 3.8) is 0 Å². The van der Waals surface area contributed by atoms with E-state index in [1.165, 1.54) is 10.5 Å². The maximum atomic E-state index is 5.86. The summed E-state index contributed by atoms with van der Waals surface area (Å²) >= 11 is 1.77. The van der Waals surface area contributed by atoms with E-state index in [1.807, 2.05) is 0 Å². The molecular weight excluding hydrogens is 192 g/mol. The molecule has 1 aromatic rings. The van der Waals surface area contributed by atoms with Crippen LogP contribution in [0.25, 0.3) is 6.08 Å². The van der Waals surface area contributed by atoms with Gasteiger partial charge >= 0.3 is 0 Å². The smallest absolute Gasteiger partial charge is 0.116 e. The van der Waals surface area contributed by atoms with Crippen molar-refractivity contribution in [1.29, 1.82) is 0 Å². The average molecular weight is 208 g/mol. The summed E-state index contributed by atoms with van der Waals surface area (Å²) in [6.45, 7) is 4.18. The van der Waals surface area contributed by atoms with Gasteiger partial charge in [-0.1, -0.05) is 5.57 Å². The molecule has 3 heteroatoms. The van der Waals surface area contributed by atoms with Crippen molar-refractivity contribution in [2.75, 3.05) is 0 Å². The standard InChI is InChI=1S/C11H16N2S/c1-7-8(2)14-11(13-7)6-9-3-4-10(12)5-9/h6,10H,3-5,12H2,1-2H3. The van der Waals surface area contributed by atoms with Crippen molar-refractivity contribution in [1.82, 2.24) is 4.98 Å². The molecule has 2 rings (SSSR count). The van der Waals surface area contributed by atoms with Crippen LogP contribution in [0.3, 0.4) is 0 Å². The third-order valence-corrected chi connectivity index (χ3v) is 3.75. The first kappa shape index (κ1) is 9.87. The lowest BCUT2D eigenvalue weighted by Gasteiger charge is -1.95. The molecule has 2 N–H and O–H groups in total. The molecule has 14 heavy (non-hydrogen) atoms. The molecule has 1 saturated carbocycles. The summed E-state index contributed by atoms with van der Waals surface area (Å²) in [7, 11) is 0. The van der Waals surface area contributed by atoms with Gasteiger partial charge in [0, 0.05) is 10.9 Å². The van der Waals surface area contributed by atoms with Crippen LogP contribution in [0.1, 0.15) is 34.8 Å². The van der Waals surface area contributed by atoms with E-state index in [-0.39, 0.29) is 0 Å². The van der Waals surface area contributed by atoms with Crippen LogP contribution in [0.2, 0.25) is 0 Å². The Hall–Kier alpha value is -0.670. The largest absolute Gasteiger partial charge is 0.327 e. The highest BCUT2D eigenvalue weighted by Gasteiger charge is 2.15. The van der Waals surface area contributed by atoms with Crippen molar-refractivity contribution in [2.45, 2.75) is 39.2 Å². The number of nitrogens with zero attached hydrogens (tertiary/aromatic N) is 1. The monoisotopic (exact) mass is 208 g/mol. The van der Waals surface area contributed by atoms with Gasteiger partial charge in [0.2, 0.25) is 0 Å². The number of aryl methyl sites for hydroxylation is 2. The minimum absolute atomic E-state index is 0.378. The fraction of sp³-hybridized carbons (Fsp3) is 0.545. The fourth-order valence-electron chi connectivity index (χ4n) is 1.78. The first-order valence-electron chi connectivity index (χ1n) is 5.04. The van der Waals surface area contributed by atoms with E-state index in [4.69, 9.17) is 5.73 Å². The fourth-order valence-corrected chi connectivity index (χ4v) is 2.69. The summed E-state index contributed by atoms with van der Waals surface area (Å²) < 4.78 is 0. The van der Waals surface area contributed by atoms with Crippen LogP contribution in [-0.2, 0) is 0 Å². The highest BCUT2D eigenvalue weighted by molar-refractivity contribution is 7.12. The summed E-state index contributed by atoms with van der Waals surface area (Å²) in [6, 6.07) is 0.378. The highest BCUT2D eigenvalue weighted by atomic mass is 32.1. The van der Waals surface area contributed by atoms with Crippen molar-refractivity contribution in [3.8, 4) is 0 Å². The first-order valence-corrected chi connectivity index (χ1v) is 5.86. The topological polar surface area (TPSA) is 38.9 Å². The summed E-state index contributed by atoms with van der Waals surface area (Å²) in [5, 5.41) is 1.14. The predicted octanol–water partition coefficient (Wildman–Crippen LogP) is 2.65. The Morgan fingerprint density at radius 2 is 2.29 bits per heavy atom. The second-order valence-corrected chi connectivity index (χ2v) is 5.23. The van der Waals surface area contributed by atoms with E-state index in [9.17, 15) is 0 Å². The quantitative estimate of drug-likeness (QED) is 0.770.